The number of carbonyl (C=O) groups is 1. The number of ether oxygens (including phenoxy) is 1. The topological polar surface area (TPSA) is 46.5 Å². The molecular weight excluding hydrogens is 168 g/mol. The summed E-state index contributed by atoms with van der Waals surface area (Å²) in [6.07, 6.45) is 0.630. The van der Waals surface area contributed by atoms with Crippen molar-refractivity contribution in [2.75, 3.05) is 6.61 Å². The van der Waals surface area contributed by atoms with Crippen molar-refractivity contribution in [1.29, 1.82) is 0 Å². The average molecular weight is 180 g/mol. The molecule has 0 radical (unpaired) electrons. The van der Waals surface area contributed by atoms with Crippen LogP contribution in [0.1, 0.15) is 22.8 Å². The SMILES string of the molecule is CCOCc1ccc(O)c(C=O)c1. The van der Waals surface area contributed by atoms with E-state index in [9.17, 15) is 9.90 Å². The van der Waals surface area contributed by atoms with Gasteiger partial charge in [-0.1, -0.05) is 6.07 Å². The molecule has 70 valence electrons. The Morgan fingerprint density at radius 1 is 1.54 bits per heavy atom. The molecule has 1 rings (SSSR count). The predicted octanol–water partition coefficient (Wildman–Crippen LogP) is 1.74. The standard InChI is InChI=1S/C10H12O3/c1-2-13-7-8-3-4-10(12)9(5-8)6-11/h3-6,12H,2,7H2,1H3. The third-order valence-corrected chi connectivity index (χ3v) is 1.69. The van der Waals surface area contributed by atoms with Crippen LogP contribution < -0.4 is 0 Å². The van der Waals surface area contributed by atoms with Crippen molar-refractivity contribution in [3.63, 3.8) is 0 Å². The van der Waals surface area contributed by atoms with Gasteiger partial charge in [-0.05, 0) is 24.6 Å². The first kappa shape index (κ1) is 9.74. The third-order valence-electron chi connectivity index (χ3n) is 1.69. The summed E-state index contributed by atoms with van der Waals surface area (Å²) in [6.45, 7) is 3.01. The number of hydrogen-bond donors (Lipinski definition) is 1. The van der Waals surface area contributed by atoms with Crippen LogP contribution in [0.15, 0.2) is 18.2 Å². The highest BCUT2D eigenvalue weighted by atomic mass is 16.5. The van der Waals surface area contributed by atoms with Crippen LogP contribution in [-0.4, -0.2) is 18.0 Å². The fourth-order valence-electron chi connectivity index (χ4n) is 1.01. The second kappa shape index (κ2) is 4.62. The molecule has 0 fully saturated rings. The smallest absolute Gasteiger partial charge is 0.153 e. The molecule has 0 aliphatic carbocycles. The molecule has 0 spiro atoms. The van der Waals surface area contributed by atoms with Gasteiger partial charge in [0.05, 0.1) is 12.2 Å². The lowest BCUT2D eigenvalue weighted by Gasteiger charge is -2.03. The molecule has 3 heteroatoms. The number of aromatic hydroxyl groups is 1. The fraction of sp³-hybridized carbons (Fsp3) is 0.300. The number of benzene rings is 1. The van der Waals surface area contributed by atoms with Gasteiger partial charge in [0.25, 0.3) is 0 Å². The molecule has 0 unspecified atom stereocenters. The first-order chi connectivity index (χ1) is 6.27. The van der Waals surface area contributed by atoms with Crippen LogP contribution in [0.3, 0.4) is 0 Å². The second-order valence-electron chi connectivity index (χ2n) is 2.65. The monoisotopic (exact) mass is 180 g/mol. The number of hydrogen-bond acceptors (Lipinski definition) is 3. The van der Waals surface area contributed by atoms with E-state index in [0.717, 1.165) is 5.56 Å². The average Bonchev–Trinajstić information content (AvgIpc) is 2.16. The van der Waals surface area contributed by atoms with Crippen molar-refractivity contribution in [3.05, 3.63) is 29.3 Å². The number of phenols is 1. The van der Waals surface area contributed by atoms with Crippen molar-refractivity contribution in [2.24, 2.45) is 0 Å². The molecule has 0 aromatic heterocycles. The van der Waals surface area contributed by atoms with Crippen molar-refractivity contribution in [1.82, 2.24) is 0 Å². The Bertz CT molecular complexity index is 294. The van der Waals surface area contributed by atoms with E-state index in [-0.39, 0.29) is 5.75 Å². The van der Waals surface area contributed by atoms with Gasteiger partial charge in [0.1, 0.15) is 5.75 Å². The van der Waals surface area contributed by atoms with Gasteiger partial charge in [-0.15, -0.1) is 0 Å². The fourth-order valence-corrected chi connectivity index (χ4v) is 1.01. The third kappa shape index (κ3) is 2.56. The van der Waals surface area contributed by atoms with Crippen LogP contribution in [0, 0.1) is 0 Å². The molecule has 1 aromatic rings. The maximum absolute atomic E-state index is 10.5. The van der Waals surface area contributed by atoms with Gasteiger partial charge in [0.15, 0.2) is 6.29 Å². The van der Waals surface area contributed by atoms with Crippen molar-refractivity contribution >= 4 is 6.29 Å². The summed E-state index contributed by atoms with van der Waals surface area (Å²) in [7, 11) is 0. The minimum Gasteiger partial charge on any atom is -0.507 e. The van der Waals surface area contributed by atoms with Crippen LogP contribution in [0.4, 0.5) is 0 Å². The Kier molecular flexibility index (Phi) is 3.46. The summed E-state index contributed by atoms with van der Waals surface area (Å²) in [5, 5.41) is 9.19. The Morgan fingerprint density at radius 2 is 2.31 bits per heavy atom. The number of phenolic OH excluding ortho intramolecular Hbond substituents is 1. The minimum absolute atomic E-state index is 0.00949. The molecule has 0 bridgehead atoms. The van der Waals surface area contributed by atoms with Crippen LogP contribution in [0.5, 0.6) is 5.75 Å². The number of aldehydes is 1. The van der Waals surface area contributed by atoms with Gasteiger partial charge < -0.3 is 9.84 Å². The van der Waals surface area contributed by atoms with Gasteiger partial charge in [0, 0.05) is 6.61 Å². The highest BCUT2D eigenvalue weighted by molar-refractivity contribution is 5.79. The number of rotatable bonds is 4. The quantitative estimate of drug-likeness (QED) is 0.718. The Balaban J connectivity index is 2.80. The first-order valence-electron chi connectivity index (χ1n) is 4.12. The maximum Gasteiger partial charge on any atom is 0.153 e. The molecular formula is C10H12O3. The van der Waals surface area contributed by atoms with Crippen LogP contribution in [0.25, 0.3) is 0 Å². The van der Waals surface area contributed by atoms with Gasteiger partial charge in [-0.25, -0.2) is 0 Å². The van der Waals surface area contributed by atoms with E-state index in [0.29, 0.717) is 25.1 Å². The first-order valence-corrected chi connectivity index (χ1v) is 4.12. The molecule has 1 N–H and O–H groups in total. The number of carbonyl (C=O) groups excluding carboxylic acids is 1. The summed E-state index contributed by atoms with van der Waals surface area (Å²) in [4.78, 5) is 10.5. The van der Waals surface area contributed by atoms with E-state index in [1.165, 1.54) is 6.07 Å². The van der Waals surface area contributed by atoms with Crippen LogP contribution in [-0.2, 0) is 11.3 Å². The lowest BCUT2D eigenvalue weighted by molar-refractivity contribution is 0.112. The largest absolute Gasteiger partial charge is 0.507 e. The van der Waals surface area contributed by atoms with Crippen LogP contribution >= 0.6 is 0 Å². The normalized spacial score (nSPS) is 9.92. The molecule has 0 saturated carbocycles. The molecule has 0 saturated heterocycles. The summed E-state index contributed by atoms with van der Waals surface area (Å²) < 4.78 is 5.16. The Hall–Kier alpha value is -1.35. The zero-order valence-electron chi connectivity index (χ0n) is 7.49. The molecule has 0 atom stereocenters. The summed E-state index contributed by atoms with van der Waals surface area (Å²) in [5.41, 5.74) is 1.19. The van der Waals surface area contributed by atoms with Crippen molar-refractivity contribution in [2.45, 2.75) is 13.5 Å². The molecule has 0 heterocycles. The van der Waals surface area contributed by atoms with Gasteiger partial charge >= 0.3 is 0 Å². The predicted molar refractivity (Wildman–Crippen MR) is 48.8 cm³/mol. The summed E-state index contributed by atoms with van der Waals surface area (Å²) in [6, 6.07) is 4.86. The summed E-state index contributed by atoms with van der Waals surface area (Å²) in [5.74, 6) is 0.00949. The minimum atomic E-state index is 0.00949. The molecule has 0 aliphatic heterocycles. The van der Waals surface area contributed by atoms with E-state index < -0.39 is 0 Å². The van der Waals surface area contributed by atoms with E-state index in [4.69, 9.17) is 4.74 Å². The van der Waals surface area contributed by atoms with E-state index >= 15 is 0 Å². The summed E-state index contributed by atoms with van der Waals surface area (Å²) >= 11 is 0. The lowest BCUT2D eigenvalue weighted by atomic mass is 10.1. The highest BCUT2D eigenvalue weighted by Gasteiger charge is 2.00. The molecule has 0 amide bonds. The van der Waals surface area contributed by atoms with E-state index in [2.05, 4.69) is 0 Å². The lowest BCUT2D eigenvalue weighted by Crippen LogP contribution is -1.93. The maximum atomic E-state index is 10.5. The van der Waals surface area contributed by atoms with Crippen LogP contribution in [0.2, 0.25) is 0 Å². The van der Waals surface area contributed by atoms with Gasteiger partial charge in [0.2, 0.25) is 0 Å². The Morgan fingerprint density at radius 3 is 2.92 bits per heavy atom. The zero-order chi connectivity index (χ0) is 9.68. The second-order valence-corrected chi connectivity index (χ2v) is 2.65. The highest BCUT2D eigenvalue weighted by Crippen LogP contribution is 2.16. The van der Waals surface area contributed by atoms with E-state index in [1.807, 2.05) is 6.92 Å². The molecule has 3 nitrogen and oxygen atoms in total. The van der Waals surface area contributed by atoms with Crippen molar-refractivity contribution in [3.8, 4) is 5.75 Å². The zero-order valence-corrected chi connectivity index (χ0v) is 7.49. The van der Waals surface area contributed by atoms with E-state index in [1.54, 1.807) is 12.1 Å². The molecule has 13 heavy (non-hydrogen) atoms. The van der Waals surface area contributed by atoms with Gasteiger partial charge in [-0.3, -0.25) is 4.79 Å². The molecule has 0 aliphatic rings. The van der Waals surface area contributed by atoms with Gasteiger partial charge in [-0.2, -0.15) is 0 Å². The Labute approximate surface area is 77.0 Å². The molecule has 1 aromatic carbocycles. The van der Waals surface area contributed by atoms with Crippen molar-refractivity contribution < 1.29 is 14.6 Å².